The van der Waals surface area contributed by atoms with Crippen molar-refractivity contribution in [3.8, 4) is 0 Å². The maximum Gasteiger partial charge on any atom is 0.216 e. The van der Waals surface area contributed by atoms with Gasteiger partial charge in [-0.25, -0.2) is 0 Å². The molecule has 1 N–H and O–H groups in total. The minimum Gasteiger partial charge on any atom is -0.511 e. The molecule has 1 aliphatic rings. The molecule has 0 spiro atoms. The third-order valence-corrected chi connectivity index (χ3v) is 1.92. The summed E-state index contributed by atoms with van der Waals surface area (Å²) in [6.07, 6.45) is 1.26. The zero-order chi connectivity index (χ0) is 6.15. The quantitative estimate of drug-likeness (QED) is 0.533. The van der Waals surface area contributed by atoms with Crippen molar-refractivity contribution < 1.29 is 9.90 Å². The van der Waals surface area contributed by atoms with Crippen molar-refractivity contribution in [3.05, 3.63) is 11.8 Å². The van der Waals surface area contributed by atoms with Gasteiger partial charge in [0.15, 0.2) is 0 Å². The van der Waals surface area contributed by atoms with E-state index in [-0.39, 0.29) is 16.1 Å². The molecule has 0 amide bonds. The molecule has 0 saturated carbocycles. The highest BCUT2D eigenvalue weighted by Gasteiger charge is 2.19. The third kappa shape index (κ3) is 0.865. The fourth-order valence-electron chi connectivity index (χ4n) is 0.507. The first-order valence-corrected chi connectivity index (χ1v) is 3.19. The van der Waals surface area contributed by atoms with Crippen molar-refractivity contribution in [2.24, 2.45) is 0 Å². The maximum atomic E-state index is 10.4. The lowest BCUT2D eigenvalue weighted by Gasteiger charge is -1.95. The van der Waals surface area contributed by atoms with E-state index in [1.54, 1.807) is 6.92 Å². The van der Waals surface area contributed by atoms with Crippen LogP contribution in [0.2, 0.25) is 0 Å². The smallest absolute Gasteiger partial charge is 0.216 e. The highest BCUT2D eigenvalue weighted by Crippen LogP contribution is 2.25. The van der Waals surface area contributed by atoms with E-state index in [9.17, 15) is 4.79 Å². The lowest BCUT2D eigenvalue weighted by molar-refractivity contribution is -0.106. The molecule has 1 aliphatic heterocycles. The van der Waals surface area contributed by atoms with E-state index in [1.165, 1.54) is 6.08 Å². The fourth-order valence-corrected chi connectivity index (χ4v) is 1.23. The largest absolute Gasteiger partial charge is 0.511 e. The lowest BCUT2D eigenvalue weighted by atomic mass is 10.4. The number of hydrogen-bond donors (Lipinski definition) is 1. The Hall–Kier alpha value is -0.440. The van der Waals surface area contributed by atoms with Gasteiger partial charge in [-0.15, -0.1) is 0 Å². The molecule has 0 aromatic heterocycles. The Morgan fingerprint density at radius 1 is 1.88 bits per heavy atom. The zero-order valence-corrected chi connectivity index (χ0v) is 5.23. The van der Waals surface area contributed by atoms with Crippen LogP contribution in [0.25, 0.3) is 0 Å². The van der Waals surface area contributed by atoms with Gasteiger partial charge in [0.25, 0.3) is 0 Å². The van der Waals surface area contributed by atoms with E-state index in [1.807, 2.05) is 0 Å². The predicted octanol–water partition coefficient (Wildman–Crippen LogP) is 1.09. The Morgan fingerprint density at radius 3 is 2.62 bits per heavy atom. The second-order valence-corrected chi connectivity index (χ2v) is 2.99. The van der Waals surface area contributed by atoms with Crippen molar-refractivity contribution in [1.29, 1.82) is 0 Å². The summed E-state index contributed by atoms with van der Waals surface area (Å²) in [6.45, 7) is 1.79. The van der Waals surface area contributed by atoms with Crippen LogP contribution in [0.3, 0.4) is 0 Å². The number of aliphatic hydroxyl groups is 1. The first kappa shape index (κ1) is 5.69. The summed E-state index contributed by atoms with van der Waals surface area (Å²) in [4.78, 5) is 10.4. The number of aliphatic hydroxyl groups excluding tert-OH is 1. The van der Waals surface area contributed by atoms with Crippen molar-refractivity contribution in [1.82, 2.24) is 0 Å². The summed E-state index contributed by atoms with van der Waals surface area (Å²) in [5.74, 6) is 0.194. The highest BCUT2D eigenvalue weighted by atomic mass is 32.2. The second kappa shape index (κ2) is 1.82. The Kier molecular flexibility index (Phi) is 1.29. The van der Waals surface area contributed by atoms with E-state index >= 15 is 0 Å². The van der Waals surface area contributed by atoms with Gasteiger partial charge in [0.05, 0.1) is 5.25 Å². The Balaban J connectivity index is 2.73. The molecule has 8 heavy (non-hydrogen) atoms. The topological polar surface area (TPSA) is 37.3 Å². The summed E-state index contributed by atoms with van der Waals surface area (Å²) in [7, 11) is 0. The molecule has 3 heteroatoms. The molecule has 0 fully saturated rings. The van der Waals surface area contributed by atoms with Crippen LogP contribution in [0.1, 0.15) is 6.92 Å². The molecular weight excluding hydrogens is 124 g/mol. The minimum atomic E-state index is -0.0463. The Labute approximate surface area is 51.6 Å². The van der Waals surface area contributed by atoms with Crippen molar-refractivity contribution in [3.63, 3.8) is 0 Å². The van der Waals surface area contributed by atoms with Gasteiger partial charge in [-0.3, -0.25) is 4.79 Å². The molecular formula is C5H6O2S. The molecule has 2 nitrogen and oxygen atoms in total. The average molecular weight is 130 g/mol. The Bertz CT molecular complexity index is 151. The third-order valence-electron chi connectivity index (χ3n) is 0.975. The van der Waals surface area contributed by atoms with E-state index in [0.29, 0.717) is 0 Å². The van der Waals surface area contributed by atoms with E-state index < -0.39 is 0 Å². The molecule has 0 radical (unpaired) electrons. The van der Waals surface area contributed by atoms with E-state index in [4.69, 9.17) is 5.11 Å². The normalized spacial score (nSPS) is 28.4. The number of carbonyl (C=O) groups is 1. The van der Waals surface area contributed by atoms with Crippen LogP contribution in [-0.4, -0.2) is 15.5 Å². The maximum absolute atomic E-state index is 10.4. The summed E-state index contributed by atoms with van der Waals surface area (Å²) in [6, 6.07) is 0. The lowest BCUT2D eigenvalue weighted by Crippen LogP contribution is -1.92. The van der Waals surface area contributed by atoms with Gasteiger partial charge in [-0.05, 0) is 6.92 Å². The standard InChI is InChI=1S/C5H6O2S/c1-3-4(6)2-5(7)8-3/h2-3,6H,1H3. The molecule has 0 saturated heterocycles. The van der Waals surface area contributed by atoms with Gasteiger partial charge in [0, 0.05) is 6.08 Å². The number of rotatable bonds is 0. The van der Waals surface area contributed by atoms with Gasteiger partial charge < -0.3 is 5.11 Å². The van der Waals surface area contributed by atoms with Crippen LogP contribution in [-0.2, 0) is 4.79 Å². The van der Waals surface area contributed by atoms with Crippen LogP contribution in [0.5, 0.6) is 0 Å². The zero-order valence-electron chi connectivity index (χ0n) is 4.42. The molecule has 1 heterocycles. The molecule has 0 aliphatic carbocycles. The fraction of sp³-hybridized carbons (Fsp3) is 0.400. The van der Waals surface area contributed by atoms with Crippen LogP contribution in [0.4, 0.5) is 0 Å². The van der Waals surface area contributed by atoms with Crippen molar-refractivity contribution >= 4 is 16.9 Å². The van der Waals surface area contributed by atoms with Gasteiger partial charge >= 0.3 is 0 Å². The van der Waals surface area contributed by atoms with Gasteiger partial charge in [0.2, 0.25) is 5.12 Å². The summed E-state index contributed by atoms with van der Waals surface area (Å²) in [5, 5.41) is 8.72. The van der Waals surface area contributed by atoms with Crippen molar-refractivity contribution in [2.75, 3.05) is 0 Å². The SMILES string of the molecule is CC1SC(=O)C=C1O. The van der Waals surface area contributed by atoms with Gasteiger partial charge in [-0.1, -0.05) is 11.8 Å². The first-order valence-electron chi connectivity index (χ1n) is 2.31. The van der Waals surface area contributed by atoms with Gasteiger partial charge in [0.1, 0.15) is 5.76 Å². The van der Waals surface area contributed by atoms with Crippen molar-refractivity contribution in [2.45, 2.75) is 12.2 Å². The average Bonchev–Trinajstić information content (AvgIpc) is 1.85. The summed E-state index contributed by atoms with van der Waals surface area (Å²) >= 11 is 1.15. The number of carbonyl (C=O) groups excluding carboxylic acids is 1. The first-order chi connectivity index (χ1) is 3.70. The molecule has 1 rings (SSSR count). The summed E-state index contributed by atoms with van der Waals surface area (Å²) in [5.41, 5.74) is 0. The minimum absolute atomic E-state index is 0.0255. The molecule has 0 aromatic carbocycles. The summed E-state index contributed by atoms with van der Waals surface area (Å²) < 4.78 is 0. The van der Waals surface area contributed by atoms with Gasteiger partial charge in [-0.2, -0.15) is 0 Å². The number of thioether (sulfide) groups is 1. The molecule has 44 valence electrons. The van der Waals surface area contributed by atoms with Crippen LogP contribution < -0.4 is 0 Å². The van der Waals surface area contributed by atoms with Crippen LogP contribution in [0, 0.1) is 0 Å². The Morgan fingerprint density at radius 2 is 2.50 bits per heavy atom. The van der Waals surface area contributed by atoms with E-state index in [2.05, 4.69) is 0 Å². The van der Waals surface area contributed by atoms with E-state index in [0.717, 1.165) is 11.8 Å². The molecule has 1 unspecified atom stereocenters. The highest BCUT2D eigenvalue weighted by molar-refractivity contribution is 8.15. The predicted molar refractivity (Wildman–Crippen MR) is 32.8 cm³/mol. The molecule has 0 bridgehead atoms. The number of hydrogen-bond acceptors (Lipinski definition) is 3. The molecule has 0 aromatic rings. The second-order valence-electron chi connectivity index (χ2n) is 1.65. The van der Waals surface area contributed by atoms with Crippen LogP contribution >= 0.6 is 11.8 Å². The monoisotopic (exact) mass is 130 g/mol. The molecule has 1 atom stereocenters. The van der Waals surface area contributed by atoms with Crippen LogP contribution in [0.15, 0.2) is 11.8 Å².